The molecule has 0 aromatic rings. The van der Waals surface area contributed by atoms with Gasteiger partial charge in [0.25, 0.3) is 0 Å². The molecule has 4 saturated carbocycles. The van der Waals surface area contributed by atoms with E-state index in [9.17, 15) is 0 Å². The second kappa shape index (κ2) is 13.5. The Kier molecular flexibility index (Phi) is 10.4. The molecule has 12 atom stereocenters. The molecule has 0 nitrogen and oxygen atoms in total. The SMILES string of the molecule is CC1CC2C=CC1C2.CC1CC=CC2CCC(C)(C)C12.CC1CC=CC2CCC(C)(C)C12.CC1CC=CC2CCCC12. The predicted molar refractivity (Wildman–Crippen MR) is 184 cm³/mol. The van der Waals surface area contributed by atoms with Gasteiger partial charge in [0.15, 0.2) is 0 Å². The van der Waals surface area contributed by atoms with Gasteiger partial charge < -0.3 is 0 Å². The van der Waals surface area contributed by atoms with Crippen molar-refractivity contribution in [1.82, 2.24) is 0 Å². The minimum atomic E-state index is 0.606. The maximum absolute atomic E-state index is 2.47. The highest BCUT2D eigenvalue weighted by Crippen LogP contribution is 2.54. The smallest absolute Gasteiger partial charge is 0.0197 e. The van der Waals surface area contributed by atoms with Gasteiger partial charge in [-0.05, 0) is 152 Å². The Morgan fingerprint density at radius 3 is 1.40 bits per heavy atom. The molecule has 0 heteroatoms. The summed E-state index contributed by atoms with van der Waals surface area (Å²) < 4.78 is 0. The Labute approximate surface area is 262 Å². The summed E-state index contributed by atoms with van der Waals surface area (Å²) in [5.41, 5.74) is 1.21. The molecular formula is C42H68. The van der Waals surface area contributed by atoms with Crippen LogP contribution in [-0.4, -0.2) is 0 Å². The van der Waals surface area contributed by atoms with Gasteiger partial charge in [0.1, 0.15) is 0 Å². The molecule has 0 radical (unpaired) electrons. The first-order chi connectivity index (χ1) is 20.0. The molecular weight excluding hydrogens is 504 g/mol. The van der Waals surface area contributed by atoms with Gasteiger partial charge in [-0.15, -0.1) is 0 Å². The lowest BCUT2D eigenvalue weighted by atomic mass is 9.68. The van der Waals surface area contributed by atoms with Crippen molar-refractivity contribution < 1.29 is 0 Å². The van der Waals surface area contributed by atoms with Crippen molar-refractivity contribution in [2.45, 2.75) is 132 Å². The quantitative estimate of drug-likeness (QED) is 0.253. The topological polar surface area (TPSA) is 0 Å². The van der Waals surface area contributed by atoms with Crippen LogP contribution >= 0.6 is 0 Å². The number of allylic oxidation sites excluding steroid dienone is 8. The van der Waals surface area contributed by atoms with Gasteiger partial charge >= 0.3 is 0 Å². The van der Waals surface area contributed by atoms with Crippen LogP contribution in [0.4, 0.5) is 0 Å². The average molecular weight is 573 g/mol. The fourth-order valence-corrected chi connectivity index (χ4v) is 11.6. The summed E-state index contributed by atoms with van der Waals surface area (Å²) in [6.45, 7) is 19.4. The molecule has 4 fully saturated rings. The highest BCUT2D eigenvalue weighted by Gasteiger charge is 2.45. The van der Waals surface area contributed by atoms with Gasteiger partial charge in [-0.2, -0.15) is 0 Å². The van der Waals surface area contributed by atoms with E-state index >= 15 is 0 Å². The molecule has 0 saturated heterocycles. The molecule has 0 spiro atoms. The van der Waals surface area contributed by atoms with Crippen molar-refractivity contribution in [2.24, 2.45) is 81.8 Å². The van der Waals surface area contributed by atoms with Gasteiger partial charge in [0.2, 0.25) is 0 Å². The monoisotopic (exact) mass is 573 g/mol. The molecule has 8 rings (SSSR count). The molecule has 0 aromatic heterocycles. The fourth-order valence-electron chi connectivity index (χ4n) is 11.6. The van der Waals surface area contributed by atoms with Gasteiger partial charge in [-0.25, -0.2) is 0 Å². The van der Waals surface area contributed by atoms with Crippen molar-refractivity contribution >= 4 is 0 Å². The fraction of sp³-hybridized carbons (Fsp3) is 0.810. The van der Waals surface area contributed by atoms with Gasteiger partial charge in [-0.3, -0.25) is 0 Å². The number of hydrogen-bond donors (Lipinski definition) is 0. The van der Waals surface area contributed by atoms with E-state index in [2.05, 4.69) is 104 Å². The zero-order valence-corrected chi connectivity index (χ0v) is 29.0. The van der Waals surface area contributed by atoms with Crippen molar-refractivity contribution in [1.29, 1.82) is 0 Å². The molecule has 12 unspecified atom stereocenters. The van der Waals surface area contributed by atoms with Crippen LogP contribution in [0.2, 0.25) is 0 Å². The van der Waals surface area contributed by atoms with Crippen molar-refractivity contribution in [3.8, 4) is 0 Å². The maximum atomic E-state index is 2.47. The summed E-state index contributed by atoms with van der Waals surface area (Å²) in [5.74, 6) is 11.5. The Hall–Kier alpha value is -1.04. The highest BCUT2D eigenvalue weighted by molar-refractivity contribution is 5.10. The summed E-state index contributed by atoms with van der Waals surface area (Å²) in [6.07, 6.45) is 36.4. The number of rotatable bonds is 0. The standard InChI is InChI=1S/2C12H20.C10H16.C8H12/c2*1-9-5-4-6-10-7-8-12(2,3)11(9)10;1-8-4-2-5-9-6-3-7-10(8)9;1-6-4-7-2-3-8(6)5-7/h2*4,6,9-11H,5,7-8H2,1-3H3;2,5,8-10H,3-4,6-7H2,1H3;2-3,6-8H,4-5H2,1H3. The molecule has 0 heterocycles. The van der Waals surface area contributed by atoms with Crippen molar-refractivity contribution in [3.05, 3.63) is 48.6 Å². The van der Waals surface area contributed by atoms with E-state index < -0.39 is 0 Å². The third-order valence-corrected chi connectivity index (χ3v) is 13.8. The Morgan fingerprint density at radius 2 is 1.00 bits per heavy atom. The molecule has 42 heavy (non-hydrogen) atoms. The van der Waals surface area contributed by atoms with E-state index in [0.29, 0.717) is 10.8 Å². The van der Waals surface area contributed by atoms with Crippen LogP contribution in [0.5, 0.6) is 0 Å². The second-order valence-corrected chi connectivity index (χ2v) is 17.9. The van der Waals surface area contributed by atoms with Crippen LogP contribution in [0.3, 0.4) is 0 Å². The van der Waals surface area contributed by atoms with E-state index in [0.717, 1.165) is 71.0 Å². The first-order valence-corrected chi connectivity index (χ1v) is 18.6. The number of hydrogen-bond acceptors (Lipinski definition) is 0. The molecule has 0 aromatic carbocycles. The molecule has 8 aliphatic rings. The van der Waals surface area contributed by atoms with Crippen molar-refractivity contribution in [3.63, 3.8) is 0 Å². The minimum Gasteiger partial charge on any atom is -0.0880 e. The summed E-state index contributed by atoms with van der Waals surface area (Å²) in [5, 5.41) is 0. The second-order valence-electron chi connectivity index (χ2n) is 17.9. The lowest BCUT2D eigenvalue weighted by Gasteiger charge is -2.36. The Bertz CT molecular complexity index is 942. The molecule has 0 N–H and O–H groups in total. The highest BCUT2D eigenvalue weighted by atomic mass is 14.5. The van der Waals surface area contributed by atoms with E-state index in [-0.39, 0.29) is 0 Å². The molecule has 2 bridgehead atoms. The van der Waals surface area contributed by atoms with Crippen LogP contribution < -0.4 is 0 Å². The third kappa shape index (κ3) is 7.26. The van der Waals surface area contributed by atoms with Crippen LogP contribution in [-0.2, 0) is 0 Å². The third-order valence-electron chi connectivity index (χ3n) is 13.8. The summed E-state index contributed by atoms with van der Waals surface area (Å²) in [7, 11) is 0. The molecule has 0 aliphatic heterocycles. The largest absolute Gasteiger partial charge is 0.0880 e. The summed E-state index contributed by atoms with van der Waals surface area (Å²) in [6, 6.07) is 0. The lowest BCUT2D eigenvalue weighted by Crippen LogP contribution is -2.29. The van der Waals surface area contributed by atoms with Crippen LogP contribution in [0.15, 0.2) is 48.6 Å². The average Bonchev–Trinajstić information content (AvgIpc) is 3.76. The van der Waals surface area contributed by atoms with E-state index in [1.807, 2.05) is 0 Å². The van der Waals surface area contributed by atoms with Crippen LogP contribution in [0.25, 0.3) is 0 Å². The zero-order valence-electron chi connectivity index (χ0n) is 29.0. The first kappa shape index (κ1) is 32.4. The summed E-state index contributed by atoms with van der Waals surface area (Å²) in [4.78, 5) is 0. The van der Waals surface area contributed by atoms with E-state index in [4.69, 9.17) is 0 Å². The normalized spacial score (nSPS) is 45.9. The molecule has 236 valence electrons. The number of fused-ring (bicyclic) bond motifs is 5. The predicted octanol–water partition coefficient (Wildman–Crippen LogP) is 12.5. The lowest BCUT2D eigenvalue weighted by molar-refractivity contribution is 0.157. The van der Waals surface area contributed by atoms with Gasteiger partial charge in [-0.1, -0.05) is 110 Å². The molecule has 0 amide bonds. The van der Waals surface area contributed by atoms with Crippen LogP contribution in [0, 0.1) is 81.8 Å². The van der Waals surface area contributed by atoms with E-state index in [1.54, 1.807) is 0 Å². The van der Waals surface area contributed by atoms with Crippen LogP contribution in [0.1, 0.15) is 132 Å². The van der Waals surface area contributed by atoms with Gasteiger partial charge in [0, 0.05) is 0 Å². The minimum absolute atomic E-state index is 0.606. The maximum Gasteiger partial charge on any atom is -0.0197 e. The van der Waals surface area contributed by atoms with E-state index in [1.165, 1.54) is 77.0 Å². The van der Waals surface area contributed by atoms with Gasteiger partial charge in [0.05, 0.1) is 0 Å². The zero-order chi connectivity index (χ0) is 30.1. The molecule has 8 aliphatic carbocycles. The Morgan fingerprint density at radius 1 is 0.476 bits per heavy atom. The Balaban J connectivity index is 0.000000113. The first-order valence-electron chi connectivity index (χ1n) is 18.6. The summed E-state index contributed by atoms with van der Waals surface area (Å²) >= 11 is 0. The van der Waals surface area contributed by atoms with Crippen molar-refractivity contribution in [2.75, 3.05) is 0 Å².